The van der Waals surface area contributed by atoms with Gasteiger partial charge in [0.05, 0.1) is 18.1 Å². The van der Waals surface area contributed by atoms with E-state index in [2.05, 4.69) is 6.92 Å². The minimum atomic E-state index is -0.727. The first kappa shape index (κ1) is 15.3. The van der Waals surface area contributed by atoms with E-state index in [9.17, 15) is 5.11 Å². The lowest BCUT2D eigenvalue weighted by atomic mass is 9.92. The Morgan fingerprint density at radius 2 is 1.67 bits per heavy atom. The normalized spacial score (nSPS) is 14.6. The smallest absolute Gasteiger partial charge is 0.0963 e. The summed E-state index contributed by atoms with van der Waals surface area (Å²) in [7, 11) is 0. The van der Waals surface area contributed by atoms with Crippen molar-refractivity contribution < 1.29 is 9.52 Å². The maximum atomic E-state index is 10.3. The average molecular weight is 252 g/mol. The fraction of sp³-hybridized carbons (Fsp3) is 0.750. The van der Waals surface area contributed by atoms with Gasteiger partial charge in [-0.05, 0) is 19.4 Å². The Balaban J connectivity index is 2.04. The zero-order valence-electron chi connectivity index (χ0n) is 12.0. The van der Waals surface area contributed by atoms with Gasteiger partial charge in [-0.25, -0.2) is 0 Å². The maximum Gasteiger partial charge on any atom is 0.0963 e. The molecule has 1 aromatic rings. The Morgan fingerprint density at radius 1 is 1.06 bits per heavy atom. The lowest BCUT2D eigenvalue weighted by Gasteiger charge is -2.21. The van der Waals surface area contributed by atoms with E-state index in [0.29, 0.717) is 0 Å². The molecule has 1 atom stereocenters. The Hall–Kier alpha value is -0.760. The molecule has 1 unspecified atom stereocenters. The fourth-order valence-corrected chi connectivity index (χ4v) is 2.32. The van der Waals surface area contributed by atoms with Crippen LogP contribution in [0, 0.1) is 0 Å². The third-order valence-electron chi connectivity index (χ3n) is 3.66. The van der Waals surface area contributed by atoms with E-state index in [4.69, 9.17) is 4.42 Å². The van der Waals surface area contributed by atoms with Gasteiger partial charge >= 0.3 is 0 Å². The van der Waals surface area contributed by atoms with Crippen LogP contribution in [0.15, 0.2) is 23.0 Å². The van der Waals surface area contributed by atoms with Crippen molar-refractivity contribution in [3.63, 3.8) is 0 Å². The Bertz CT molecular complexity index is 288. The molecule has 0 saturated heterocycles. The van der Waals surface area contributed by atoms with E-state index in [1.807, 2.05) is 13.0 Å². The SMILES string of the molecule is CCCCCCCCCCC(C)(O)c1ccoc1. The van der Waals surface area contributed by atoms with Crippen LogP contribution in [0.3, 0.4) is 0 Å². The topological polar surface area (TPSA) is 33.4 Å². The molecular formula is C16H28O2. The van der Waals surface area contributed by atoms with Gasteiger partial charge in [0.2, 0.25) is 0 Å². The molecule has 0 amide bonds. The fourth-order valence-electron chi connectivity index (χ4n) is 2.32. The zero-order chi connectivity index (χ0) is 13.3. The van der Waals surface area contributed by atoms with Gasteiger partial charge in [0.15, 0.2) is 0 Å². The monoisotopic (exact) mass is 252 g/mol. The first-order valence-corrected chi connectivity index (χ1v) is 7.42. The molecule has 0 saturated carbocycles. The summed E-state index contributed by atoms with van der Waals surface area (Å²) < 4.78 is 5.02. The molecule has 1 heterocycles. The predicted octanol–water partition coefficient (Wildman–Crippen LogP) is 5.02. The number of unbranched alkanes of at least 4 members (excludes halogenated alkanes) is 7. The summed E-state index contributed by atoms with van der Waals surface area (Å²) in [6.07, 6.45) is 14.5. The summed E-state index contributed by atoms with van der Waals surface area (Å²) in [6.45, 7) is 4.12. The summed E-state index contributed by atoms with van der Waals surface area (Å²) in [4.78, 5) is 0. The Kier molecular flexibility index (Phi) is 7.11. The van der Waals surface area contributed by atoms with Gasteiger partial charge in [0, 0.05) is 5.56 Å². The van der Waals surface area contributed by atoms with Gasteiger partial charge in [-0.15, -0.1) is 0 Å². The van der Waals surface area contributed by atoms with Crippen molar-refractivity contribution in [2.75, 3.05) is 0 Å². The van der Waals surface area contributed by atoms with Crippen molar-refractivity contribution in [1.82, 2.24) is 0 Å². The van der Waals surface area contributed by atoms with Gasteiger partial charge in [0.25, 0.3) is 0 Å². The number of aliphatic hydroxyl groups is 1. The van der Waals surface area contributed by atoms with Crippen molar-refractivity contribution in [3.8, 4) is 0 Å². The maximum absolute atomic E-state index is 10.3. The molecular weight excluding hydrogens is 224 g/mol. The van der Waals surface area contributed by atoms with Crippen LogP contribution in [0.2, 0.25) is 0 Å². The van der Waals surface area contributed by atoms with Crippen molar-refractivity contribution >= 4 is 0 Å². The minimum Gasteiger partial charge on any atom is -0.472 e. The highest BCUT2D eigenvalue weighted by Crippen LogP contribution is 2.27. The lowest BCUT2D eigenvalue weighted by molar-refractivity contribution is 0.0442. The predicted molar refractivity (Wildman–Crippen MR) is 75.5 cm³/mol. The van der Waals surface area contributed by atoms with Crippen LogP contribution in [0.25, 0.3) is 0 Å². The molecule has 0 fully saturated rings. The summed E-state index contributed by atoms with van der Waals surface area (Å²) in [5, 5.41) is 10.3. The van der Waals surface area contributed by atoms with Gasteiger partial charge in [-0.2, -0.15) is 0 Å². The average Bonchev–Trinajstić information content (AvgIpc) is 2.87. The summed E-state index contributed by atoms with van der Waals surface area (Å²) >= 11 is 0. The van der Waals surface area contributed by atoms with Gasteiger partial charge < -0.3 is 9.52 Å². The van der Waals surface area contributed by atoms with Crippen LogP contribution in [0.4, 0.5) is 0 Å². The third-order valence-corrected chi connectivity index (χ3v) is 3.66. The molecule has 18 heavy (non-hydrogen) atoms. The standard InChI is InChI=1S/C16H28O2/c1-3-4-5-6-7-8-9-10-12-16(2,17)15-11-13-18-14-15/h11,13-14,17H,3-10,12H2,1-2H3. The van der Waals surface area contributed by atoms with E-state index >= 15 is 0 Å². The van der Waals surface area contributed by atoms with E-state index in [1.54, 1.807) is 12.5 Å². The Morgan fingerprint density at radius 3 is 2.22 bits per heavy atom. The van der Waals surface area contributed by atoms with Crippen molar-refractivity contribution in [2.45, 2.75) is 77.2 Å². The number of rotatable bonds is 10. The first-order valence-electron chi connectivity index (χ1n) is 7.42. The number of hydrogen-bond donors (Lipinski definition) is 1. The minimum absolute atomic E-state index is 0.727. The van der Waals surface area contributed by atoms with E-state index in [1.165, 1.54) is 44.9 Å². The highest BCUT2D eigenvalue weighted by molar-refractivity contribution is 5.14. The van der Waals surface area contributed by atoms with Gasteiger partial charge in [0.1, 0.15) is 0 Å². The van der Waals surface area contributed by atoms with Crippen LogP contribution in [-0.2, 0) is 5.60 Å². The highest BCUT2D eigenvalue weighted by Gasteiger charge is 2.23. The van der Waals surface area contributed by atoms with Crippen molar-refractivity contribution in [3.05, 3.63) is 24.2 Å². The zero-order valence-corrected chi connectivity index (χ0v) is 12.0. The van der Waals surface area contributed by atoms with Crippen LogP contribution in [0.5, 0.6) is 0 Å². The molecule has 0 radical (unpaired) electrons. The second kappa shape index (κ2) is 8.36. The molecule has 0 aliphatic carbocycles. The summed E-state index contributed by atoms with van der Waals surface area (Å²) in [6, 6.07) is 1.85. The van der Waals surface area contributed by atoms with Crippen molar-refractivity contribution in [1.29, 1.82) is 0 Å². The molecule has 0 aliphatic heterocycles. The van der Waals surface area contributed by atoms with Crippen LogP contribution in [-0.4, -0.2) is 5.11 Å². The van der Waals surface area contributed by atoms with E-state index in [0.717, 1.165) is 18.4 Å². The van der Waals surface area contributed by atoms with Crippen LogP contribution < -0.4 is 0 Å². The summed E-state index contributed by atoms with van der Waals surface area (Å²) in [5.41, 5.74) is 0.167. The second-order valence-electron chi connectivity index (χ2n) is 5.51. The van der Waals surface area contributed by atoms with Crippen LogP contribution >= 0.6 is 0 Å². The highest BCUT2D eigenvalue weighted by atomic mass is 16.3. The summed E-state index contributed by atoms with van der Waals surface area (Å²) in [5.74, 6) is 0. The second-order valence-corrected chi connectivity index (χ2v) is 5.51. The molecule has 2 nitrogen and oxygen atoms in total. The third kappa shape index (κ3) is 5.72. The van der Waals surface area contributed by atoms with Crippen LogP contribution in [0.1, 0.15) is 77.2 Å². The molecule has 1 aromatic heterocycles. The first-order chi connectivity index (χ1) is 8.67. The largest absolute Gasteiger partial charge is 0.472 e. The quantitative estimate of drug-likeness (QED) is 0.593. The number of hydrogen-bond acceptors (Lipinski definition) is 2. The van der Waals surface area contributed by atoms with Gasteiger partial charge in [-0.1, -0.05) is 58.3 Å². The Labute approximate surface area is 111 Å². The molecule has 2 heteroatoms. The van der Waals surface area contributed by atoms with E-state index in [-0.39, 0.29) is 0 Å². The van der Waals surface area contributed by atoms with Crippen molar-refractivity contribution in [2.24, 2.45) is 0 Å². The number of furan rings is 1. The molecule has 1 rings (SSSR count). The molecule has 0 bridgehead atoms. The molecule has 1 N–H and O–H groups in total. The van der Waals surface area contributed by atoms with E-state index < -0.39 is 5.60 Å². The lowest BCUT2D eigenvalue weighted by Crippen LogP contribution is -2.19. The molecule has 0 aromatic carbocycles. The molecule has 104 valence electrons. The molecule has 0 aliphatic rings. The van der Waals surface area contributed by atoms with Gasteiger partial charge in [-0.3, -0.25) is 0 Å². The molecule has 0 spiro atoms.